The molecule has 22 heavy (non-hydrogen) atoms. The van der Waals surface area contributed by atoms with E-state index >= 15 is 0 Å². The SMILES string of the molecule is CCCN1CCC(N(C)C(=O)CCc2ccccc2N)CC1. The summed E-state index contributed by atoms with van der Waals surface area (Å²) in [6.07, 6.45) is 4.66. The molecule has 1 aromatic carbocycles. The summed E-state index contributed by atoms with van der Waals surface area (Å²) in [5.74, 6) is 0.234. The van der Waals surface area contributed by atoms with Crippen molar-refractivity contribution in [3.05, 3.63) is 29.8 Å². The average Bonchev–Trinajstić information content (AvgIpc) is 2.54. The first kappa shape index (κ1) is 16.8. The third-order valence-electron chi connectivity index (χ3n) is 4.70. The first-order valence-corrected chi connectivity index (χ1v) is 8.43. The number of para-hydroxylation sites is 1. The van der Waals surface area contributed by atoms with E-state index in [2.05, 4.69) is 11.8 Å². The fourth-order valence-electron chi connectivity index (χ4n) is 3.23. The zero-order chi connectivity index (χ0) is 15.9. The van der Waals surface area contributed by atoms with Crippen LogP contribution in [0.3, 0.4) is 0 Å². The van der Waals surface area contributed by atoms with E-state index in [9.17, 15) is 4.79 Å². The molecule has 2 N–H and O–H groups in total. The molecule has 1 heterocycles. The van der Waals surface area contributed by atoms with Gasteiger partial charge in [0.05, 0.1) is 0 Å². The minimum absolute atomic E-state index is 0.234. The standard InChI is InChI=1S/C18H29N3O/c1-3-12-21-13-10-16(11-14-21)20(2)18(22)9-8-15-6-4-5-7-17(15)19/h4-7,16H,3,8-14,19H2,1-2H3. The van der Waals surface area contributed by atoms with Gasteiger partial charge in [0.1, 0.15) is 0 Å². The lowest BCUT2D eigenvalue weighted by Gasteiger charge is -2.36. The number of rotatable bonds is 6. The number of hydrogen-bond donors (Lipinski definition) is 1. The van der Waals surface area contributed by atoms with Gasteiger partial charge in [-0.1, -0.05) is 25.1 Å². The van der Waals surface area contributed by atoms with Gasteiger partial charge in [0.25, 0.3) is 0 Å². The van der Waals surface area contributed by atoms with Gasteiger partial charge in [-0.05, 0) is 43.9 Å². The highest BCUT2D eigenvalue weighted by atomic mass is 16.2. The Labute approximate surface area is 134 Å². The number of likely N-dealkylation sites (tertiary alicyclic amines) is 1. The molecule has 0 bridgehead atoms. The molecule has 1 aromatic rings. The molecule has 0 spiro atoms. The van der Waals surface area contributed by atoms with Gasteiger partial charge in [0.15, 0.2) is 0 Å². The average molecular weight is 303 g/mol. The largest absolute Gasteiger partial charge is 0.399 e. The molecule has 0 unspecified atom stereocenters. The summed E-state index contributed by atoms with van der Waals surface area (Å²) in [6, 6.07) is 8.20. The minimum atomic E-state index is 0.234. The number of nitrogen functional groups attached to an aromatic ring is 1. The second kappa shape index (κ2) is 8.18. The van der Waals surface area contributed by atoms with Crippen molar-refractivity contribution < 1.29 is 4.79 Å². The van der Waals surface area contributed by atoms with Crippen LogP contribution < -0.4 is 5.73 Å². The maximum atomic E-state index is 12.4. The molecule has 1 fully saturated rings. The monoisotopic (exact) mass is 303 g/mol. The van der Waals surface area contributed by atoms with Gasteiger partial charge in [-0.2, -0.15) is 0 Å². The minimum Gasteiger partial charge on any atom is -0.399 e. The number of amides is 1. The zero-order valence-electron chi connectivity index (χ0n) is 13.9. The van der Waals surface area contributed by atoms with Crippen molar-refractivity contribution in [3.63, 3.8) is 0 Å². The topological polar surface area (TPSA) is 49.6 Å². The van der Waals surface area contributed by atoms with Gasteiger partial charge in [0.2, 0.25) is 5.91 Å². The van der Waals surface area contributed by atoms with Crippen LogP contribution in [-0.4, -0.2) is 48.4 Å². The van der Waals surface area contributed by atoms with Crippen LogP contribution in [-0.2, 0) is 11.2 Å². The van der Waals surface area contributed by atoms with Gasteiger partial charge < -0.3 is 15.5 Å². The first-order valence-electron chi connectivity index (χ1n) is 8.43. The van der Waals surface area contributed by atoms with Crippen molar-refractivity contribution >= 4 is 11.6 Å². The smallest absolute Gasteiger partial charge is 0.222 e. The summed E-state index contributed by atoms with van der Waals surface area (Å²) >= 11 is 0. The number of carbonyl (C=O) groups is 1. The molecule has 0 saturated carbocycles. The summed E-state index contributed by atoms with van der Waals surface area (Å²) in [6.45, 7) is 5.62. The second-order valence-corrected chi connectivity index (χ2v) is 6.28. The lowest BCUT2D eigenvalue weighted by Crippen LogP contribution is -2.45. The van der Waals surface area contributed by atoms with E-state index in [4.69, 9.17) is 5.73 Å². The Morgan fingerprint density at radius 1 is 1.32 bits per heavy atom. The highest BCUT2D eigenvalue weighted by molar-refractivity contribution is 5.76. The van der Waals surface area contributed by atoms with E-state index in [1.165, 1.54) is 13.0 Å². The lowest BCUT2D eigenvalue weighted by molar-refractivity contribution is -0.132. The Balaban J connectivity index is 1.79. The summed E-state index contributed by atoms with van der Waals surface area (Å²) in [4.78, 5) is 16.9. The Hall–Kier alpha value is -1.55. The molecule has 4 nitrogen and oxygen atoms in total. The number of hydrogen-bond acceptors (Lipinski definition) is 3. The van der Waals surface area contributed by atoms with Crippen molar-refractivity contribution in [3.8, 4) is 0 Å². The van der Waals surface area contributed by atoms with Crippen LogP contribution in [0.1, 0.15) is 38.2 Å². The van der Waals surface area contributed by atoms with E-state index in [1.54, 1.807) is 0 Å². The quantitative estimate of drug-likeness (QED) is 0.822. The number of piperidine rings is 1. The van der Waals surface area contributed by atoms with Gasteiger partial charge in [-0.25, -0.2) is 0 Å². The molecule has 0 radical (unpaired) electrons. The van der Waals surface area contributed by atoms with Crippen LogP contribution in [0.5, 0.6) is 0 Å². The number of nitrogens with zero attached hydrogens (tertiary/aromatic N) is 2. The Morgan fingerprint density at radius 3 is 2.64 bits per heavy atom. The van der Waals surface area contributed by atoms with Crippen molar-refractivity contribution in [1.29, 1.82) is 0 Å². The predicted octanol–water partition coefficient (Wildman–Crippen LogP) is 2.53. The van der Waals surface area contributed by atoms with E-state index < -0.39 is 0 Å². The number of benzene rings is 1. The van der Waals surface area contributed by atoms with Crippen molar-refractivity contribution in [2.45, 2.75) is 45.1 Å². The summed E-state index contributed by atoms with van der Waals surface area (Å²) in [7, 11) is 1.96. The molecular formula is C18H29N3O. The molecule has 0 aromatic heterocycles. The van der Waals surface area contributed by atoms with Crippen molar-refractivity contribution in [2.75, 3.05) is 32.4 Å². The lowest BCUT2D eigenvalue weighted by atomic mass is 10.0. The van der Waals surface area contributed by atoms with Crippen LogP contribution in [0.2, 0.25) is 0 Å². The number of nitrogens with two attached hydrogens (primary N) is 1. The highest BCUT2D eigenvalue weighted by Crippen LogP contribution is 2.18. The summed E-state index contributed by atoms with van der Waals surface area (Å²) < 4.78 is 0. The summed E-state index contributed by atoms with van der Waals surface area (Å²) in [5.41, 5.74) is 7.79. The van der Waals surface area contributed by atoms with Crippen LogP contribution in [0.25, 0.3) is 0 Å². The predicted molar refractivity (Wildman–Crippen MR) is 91.7 cm³/mol. The molecule has 1 amide bonds. The van der Waals surface area contributed by atoms with Crippen LogP contribution in [0.15, 0.2) is 24.3 Å². The molecule has 0 atom stereocenters. The van der Waals surface area contributed by atoms with Crippen molar-refractivity contribution in [2.24, 2.45) is 0 Å². The Morgan fingerprint density at radius 2 is 2.00 bits per heavy atom. The van der Waals surface area contributed by atoms with Gasteiger partial charge in [-0.3, -0.25) is 4.79 Å². The van der Waals surface area contributed by atoms with E-state index in [1.807, 2.05) is 36.2 Å². The molecular weight excluding hydrogens is 274 g/mol. The first-order chi connectivity index (χ1) is 10.6. The normalized spacial score (nSPS) is 16.6. The van der Waals surface area contributed by atoms with E-state index in [-0.39, 0.29) is 5.91 Å². The van der Waals surface area contributed by atoms with E-state index in [0.717, 1.165) is 43.6 Å². The van der Waals surface area contributed by atoms with Gasteiger partial charge in [-0.15, -0.1) is 0 Å². The molecule has 1 aliphatic rings. The molecule has 2 rings (SSSR count). The molecule has 0 aliphatic carbocycles. The molecule has 1 aliphatic heterocycles. The molecule has 4 heteroatoms. The molecule has 1 saturated heterocycles. The Bertz CT molecular complexity index is 481. The zero-order valence-corrected chi connectivity index (χ0v) is 13.9. The third-order valence-corrected chi connectivity index (χ3v) is 4.70. The van der Waals surface area contributed by atoms with Crippen molar-refractivity contribution in [1.82, 2.24) is 9.80 Å². The number of carbonyl (C=O) groups excluding carboxylic acids is 1. The number of aryl methyl sites for hydroxylation is 1. The van der Waals surface area contributed by atoms with Gasteiger partial charge in [0, 0.05) is 38.3 Å². The highest BCUT2D eigenvalue weighted by Gasteiger charge is 2.24. The fourth-order valence-corrected chi connectivity index (χ4v) is 3.23. The van der Waals surface area contributed by atoms with Crippen LogP contribution >= 0.6 is 0 Å². The maximum absolute atomic E-state index is 12.4. The number of anilines is 1. The van der Waals surface area contributed by atoms with Gasteiger partial charge >= 0.3 is 0 Å². The second-order valence-electron chi connectivity index (χ2n) is 6.28. The van der Waals surface area contributed by atoms with Crippen LogP contribution in [0, 0.1) is 0 Å². The third kappa shape index (κ3) is 4.47. The van der Waals surface area contributed by atoms with E-state index in [0.29, 0.717) is 12.5 Å². The Kier molecular flexibility index (Phi) is 6.25. The maximum Gasteiger partial charge on any atom is 0.222 e. The van der Waals surface area contributed by atoms with Crippen LogP contribution in [0.4, 0.5) is 5.69 Å². The fraction of sp³-hybridized carbons (Fsp3) is 0.611. The molecule has 122 valence electrons. The summed E-state index contributed by atoms with van der Waals surface area (Å²) in [5, 5.41) is 0.